The summed E-state index contributed by atoms with van der Waals surface area (Å²) in [5.41, 5.74) is 1.68. The Morgan fingerprint density at radius 2 is 1.93 bits per heavy atom. The number of carbonyl (C=O) groups excluding carboxylic acids is 1. The first-order chi connectivity index (χ1) is 12.9. The molecule has 0 spiro atoms. The van der Waals surface area contributed by atoms with Crippen LogP contribution >= 0.6 is 11.3 Å². The number of aromatic nitrogens is 1. The Morgan fingerprint density at radius 3 is 2.52 bits per heavy atom. The molecule has 1 aliphatic heterocycles. The topological polar surface area (TPSA) is 85.8 Å². The maximum Gasteiger partial charge on any atom is 0.309 e. The number of thiazole rings is 1. The highest BCUT2D eigenvalue weighted by molar-refractivity contribution is 7.88. The summed E-state index contributed by atoms with van der Waals surface area (Å²) < 4.78 is 35.0. The van der Waals surface area contributed by atoms with Crippen molar-refractivity contribution < 1.29 is 22.7 Å². The van der Waals surface area contributed by atoms with E-state index in [9.17, 15) is 13.2 Å². The molecule has 0 bridgehead atoms. The number of hydrogen-bond donors (Lipinski definition) is 0. The first-order valence-corrected chi connectivity index (χ1v) is 11.3. The molecule has 0 radical (unpaired) electrons. The minimum Gasteiger partial charge on any atom is -0.497 e. The zero-order valence-electron chi connectivity index (χ0n) is 15.3. The molecule has 7 nitrogen and oxygen atoms in total. The SMILES string of the molecule is COc1ccc(-c2nc(COC(=O)C3CCN(S(C)(=O)=O)CC3)cs2)cc1. The maximum absolute atomic E-state index is 12.2. The zero-order valence-corrected chi connectivity index (χ0v) is 16.9. The van der Waals surface area contributed by atoms with Gasteiger partial charge < -0.3 is 9.47 Å². The highest BCUT2D eigenvalue weighted by Crippen LogP contribution is 2.26. The van der Waals surface area contributed by atoms with Gasteiger partial charge in [-0.1, -0.05) is 0 Å². The lowest BCUT2D eigenvalue weighted by Gasteiger charge is -2.28. The van der Waals surface area contributed by atoms with Crippen LogP contribution in [0.1, 0.15) is 18.5 Å². The number of carbonyl (C=O) groups is 1. The third kappa shape index (κ3) is 5.06. The van der Waals surface area contributed by atoms with Gasteiger partial charge in [0.2, 0.25) is 10.0 Å². The van der Waals surface area contributed by atoms with Crippen LogP contribution < -0.4 is 4.74 Å². The number of hydrogen-bond acceptors (Lipinski definition) is 7. The molecule has 2 heterocycles. The Bertz CT molecular complexity index is 885. The molecule has 1 fully saturated rings. The van der Waals surface area contributed by atoms with Crippen molar-refractivity contribution >= 4 is 27.3 Å². The van der Waals surface area contributed by atoms with Crippen molar-refractivity contribution in [2.75, 3.05) is 26.5 Å². The van der Waals surface area contributed by atoms with E-state index >= 15 is 0 Å². The molecule has 1 aromatic heterocycles. The van der Waals surface area contributed by atoms with Crippen molar-refractivity contribution in [1.82, 2.24) is 9.29 Å². The number of methoxy groups -OCH3 is 1. The standard InChI is InChI=1S/C18H22N2O5S2/c1-24-16-5-3-13(4-6-16)17-19-15(12-26-17)11-25-18(21)14-7-9-20(10-8-14)27(2,22)23/h3-6,12,14H,7-11H2,1-2H3. The number of ether oxygens (including phenoxy) is 2. The van der Waals surface area contributed by atoms with Crippen LogP contribution in [0, 0.1) is 5.92 Å². The third-order valence-electron chi connectivity index (χ3n) is 4.51. The number of esters is 1. The lowest BCUT2D eigenvalue weighted by Crippen LogP contribution is -2.40. The van der Waals surface area contributed by atoms with Crippen LogP contribution in [-0.4, -0.2) is 50.1 Å². The van der Waals surface area contributed by atoms with E-state index in [0.29, 0.717) is 31.6 Å². The highest BCUT2D eigenvalue weighted by atomic mass is 32.2. The summed E-state index contributed by atoms with van der Waals surface area (Å²) in [5, 5.41) is 2.73. The van der Waals surface area contributed by atoms with Gasteiger partial charge in [-0.25, -0.2) is 17.7 Å². The quantitative estimate of drug-likeness (QED) is 0.681. The fraction of sp³-hybridized carbons (Fsp3) is 0.444. The predicted molar refractivity (Wildman–Crippen MR) is 103 cm³/mol. The molecule has 9 heteroatoms. The van der Waals surface area contributed by atoms with Crippen LogP contribution in [0.3, 0.4) is 0 Å². The monoisotopic (exact) mass is 410 g/mol. The van der Waals surface area contributed by atoms with E-state index in [4.69, 9.17) is 9.47 Å². The van der Waals surface area contributed by atoms with Gasteiger partial charge in [-0.2, -0.15) is 0 Å². The van der Waals surface area contributed by atoms with Crippen LogP contribution in [0.4, 0.5) is 0 Å². The van der Waals surface area contributed by atoms with Gasteiger partial charge in [0.05, 0.1) is 25.0 Å². The van der Waals surface area contributed by atoms with Gasteiger partial charge in [0.15, 0.2) is 0 Å². The summed E-state index contributed by atoms with van der Waals surface area (Å²) >= 11 is 1.49. The zero-order chi connectivity index (χ0) is 19.4. The average molecular weight is 411 g/mol. The Morgan fingerprint density at radius 1 is 1.26 bits per heavy atom. The van der Waals surface area contributed by atoms with Crippen LogP contribution in [0.25, 0.3) is 10.6 Å². The molecular weight excluding hydrogens is 388 g/mol. The molecule has 146 valence electrons. The van der Waals surface area contributed by atoms with E-state index in [1.54, 1.807) is 7.11 Å². The van der Waals surface area contributed by atoms with Crippen LogP contribution in [0.5, 0.6) is 5.75 Å². The average Bonchev–Trinajstić information content (AvgIpc) is 3.14. The summed E-state index contributed by atoms with van der Waals surface area (Å²) in [5.74, 6) is 0.233. The molecule has 0 saturated carbocycles. The van der Waals surface area contributed by atoms with E-state index in [0.717, 1.165) is 16.3 Å². The van der Waals surface area contributed by atoms with Gasteiger partial charge in [-0.3, -0.25) is 4.79 Å². The lowest BCUT2D eigenvalue weighted by molar-refractivity contribution is -0.151. The molecule has 0 unspecified atom stereocenters. The van der Waals surface area contributed by atoms with Gasteiger partial charge in [-0.15, -0.1) is 11.3 Å². The largest absolute Gasteiger partial charge is 0.497 e. The van der Waals surface area contributed by atoms with Gasteiger partial charge in [0.25, 0.3) is 0 Å². The molecular formula is C18H22N2O5S2. The normalized spacial score (nSPS) is 16.2. The lowest BCUT2D eigenvalue weighted by atomic mass is 9.98. The van der Waals surface area contributed by atoms with Crippen molar-refractivity contribution in [3.05, 3.63) is 35.3 Å². The molecule has 0 amide bonds. The second-order valence-electron chi connectivity index (χ2n) is 6.42. The molecule has 3 rings (SSSR count). The third-order valence-corrected chi connectivity index (χ3v) is 6.75. The molecule has 1 saturated heterocycles. The van der Waals surface area contributed by atoms with Crippen LogP contribution in [-0.2, 0) is 26.2 Å². The Kier molecular flexibility index (Phi) is 6.13. The van der Waals surface area contributed by atoms with E-state index in [-0.39, 0.29) is 18.5 Å². The van der Waals surface area contributed by atoms with E-state index in [1.807, 2.05) is 29.6 Å². The summed E-state index contributed by atoms with van der Waals surface area (Å²) in [4.78, 5) is 16.8. The van der Waals surface area contributed by atoms with Crippen molar-refractivity contribution in [3.8, 4) is 16.3 Å². The van der Waals surface area contributed by atoms with Crippen molar-refractivity contribution in [2.45, 2.75) is 19.4 Å². The van der Waals surface area contributed by atoms with Gasteiger partial charge in [0.1, 0.15) is 17.4 Å². The number of piperidine rings is 1. The Labute approximate surface area is 163 Å². The smallest absolute Gasteiger partial charge is 0.309 e. The fourth-order valence-electron chi connectivity index (χ4n) is 2.93. The first-order valence-electron chi connectivity index (χ1n) is 8.57. The summed E-state index contributed by atoms with van der Waals surface area (Å²) in [6.45, 7) is 0.839. The van der Waals surface area contributed by atoms with Crippen LogP contribution in [0.15, 0.2) is 29.6 Å². The number of rotatable bonds is 6. The summed E-state index contributed by atoms with van der Waals surface area (Å²) in [7, 11) is -1.57. The molecule has 1 aliphatic rings. The minimum atomic E-state index is -3.19. The van der Waals surface area contributed by atoms with Gasteiger partial charge in [0, 0.05) is 24.0 Å². The van der Waals surface area contributed by atoms with E-state index in [1.165, 1.54) is 21.9 Å². The summed E-state index contributed by atoms with van der Waals surface area (Å²) in [6, 6.07) is 7.62. The second kappa shape index (κ2) is 8.37. The fourth-order valence-corrected chi connectivity index (χ4v) is 4.61. The molecule has 0 N–H and O–H groups in total. The predicted octanol–water partition coefficient (Wildman–Crippen LogP) is 2.53. The molecule has 2 aromatic rings. The van der Waals surface area contributed by atoms with E-state index < -0.39 is 10.0 Å². The molecule has 1 aromatic carbocycles. The van der Waals surface area contributed by atoms with Gasteiger partial charge in [-0.05, 0) is 37.1 Å². The summed E-state index contributed by atoms with van der Waals surface area (Å²) in [6.07, 6.45) is 2.16. The van der Waals surface area contributed by atoms with Gasteiger partial charge >= 0.3 is 5.97 Å². The highest BCUT2D eigenvalue weighted by Gasteiger charge is 2.29. The first kappa shape index (κ1) is 19.8. The van der Waals surface area contributed by atoms with Crippen LogP contribution in [0.2, 0.25) is 0 Å². The Balaban J connectivity index is 1.52. The van der Waals surface area contributed by atoms with Crippen molar-refractivity contribution in [1.29, 1.82) is 0 Å². The van der Waals surface area contributed by atoms with Crippen molar-refractivity contribution in [3.63, 3.8) is 0 Å². The second-order valence-corrected chi connectivity index (χ2v) is 9.26. The molecule has 27 heavy (non-hydrogen) atoms. The molecule has 0 aliphatic carbocycles. The number of benzene rings is 1. The number of nitrogens with zero attached hydrogens (tertiary/aromatic N) is 2. The Hall–Kier alpha value is -1.97. The minimum absolute atomic E-state index is 0.123. The number of sulfonamides is 1. The van der Waals surface area contributed by atoms with Crippen molar-refractivity contribution in [2.24, 2.45) is 5.92 Å². The maximum atomic E-state index is 12.2. The van der Waals surface area contributed by atoms with E-state index in [2.05, 4.69) is 4.98 Å². The molecule has 0 atom stereocenters.